The number of amides is 1. The molecule has 1 N–H and O–H groups in total. The summed E-state index contributed by atoms with van der Waals surface area (Å²) in [5.74, 6) is 0.348. The number of carbonyl (C=O) groups is 1. The van der Waals surface area contributed by atoms with Crippen LogP contribution in [0.1, 0.15) is 26.7 Å². The van der Waals surface area contributed by atoms with E-state index < -0.39 is 5.38 Å². The van der Waals surface area contributed by atoms with Crippen molar-refractivity contribution in [1.29, 1.82) is 0 Å². The highest BCUT2D eigenvalue weighted by Gasteiger charge is 2.26. The highest BCUT2D eigenvalue weighted by molar-refractivity contribution is 6.30. The largest absolute Gasteiger partial charge is 0.393 e. The van der Waals surface area contributed by atoms with Gasteiger partial charge in [-0.3, -0.25) is 4.79 Å². The van der Waals surface area contributed by atoms with Gasteiger partial charge in [0.25, 0.3) is 0 Å². The van der Waals surface area contributed by atoms with Crippen LogP contribution in [0.15, 0.2) is 0 Å². The van der Waals surface area contributed by atoms with Gasteiger partial charge in [-0.05, 0) is 32.6 Å². The lowest BCUT2D eigenvalue weighted by Gasteiger charge is -2.33. The summed E-state index contributed by atoms with van der Waals surface area (Å²) < 4.78 is 0. The van der Waals surface area contributed by atoms with Gasteiger partial charge in [0.2, 0.25) is 5.91 Å². The number of aliphatic hydroxyl groups excluding tert-OH is 1. The van der Waals surface area contributed by atoms with E-state index in [4.69, 9.17) is 11.6 Å². The number of hydrogen-bond donors (Lipinski definition) is 1. The summed E-state index contributed by atoms with van der Waals surface area (Å²) in [6, 6.07) is 0. The van der Waals surface area contributed by atoms with Gasteiger partial charge in [0.05, 0.1) is 6.10 Å². The predicted molar refractivity (Wildman–Crippen MR) is 56.3 cm³/mol. The van der Waals surface area contributed by atoms with Crippen molar-refractivity contribution in [1.82, 2.24) is 4.90 Å². The first-order valence-electron chi connectivity index (χ1n) is 5.13. The van der Waals surface area contributed by atoms with Crippen molar-refractivity contribution in [3.8, 4) is 0 Å². The van der Waals surface area contributed by atoms with Gasteiger partial charge in [-0.25, -0.2) is 0 Å². The first-order valence-corrected chi connectivity index (χ1v) is 5.57. The number of halogens is 1. The Morgan fingerprint density at radius 2 is 1.93 bits per heavy atom. The summed E-state index contributed by atoms with van der Waals surface area (Å²) in [5, 5.41) is 8.95. The number of carbonyl (C=O) groups excluding carboxylic acids is 1. The highest BCUT2D eigenvalue weighted by Crippen LogP contribution is 2.21. The van der Waals surface area contributed by atoms with Crippen LogP contribution in [0.3, 0.4) is 0 Å². The molecular weight excluding hydrogens is 202 g/mol. The van der Waals surface area contributed by atoms with E-state index >= 15 is 0 Å². The Kier molecular flexibility index (Phi) is 4.20. The fourth-order valence-electron chi connectivity index (χ4n) is 1.85. The Hall–Kier alpha value is -0.280. The van der Waals surface area contributed by atoms with Crippen LogP contribution in [0, 0.1) is 5.92 Å². The Balaban J connectivity index is 2.39. The third-order valence-corrected chi connectivity index (χ3v) is 3.06. The zero-order valence-corrected chi connectivity index (χ0v) is 9.50. The van der Waals surface area contributed by atoms with E-state index in [0.717, 1.165) is 25.9 Å². The van der Waals surface area contributed by atoms with Crippen molar-refractivity contribution in [2.24, 2.45) is 5.92 Å². The fraction of sp³-hybridized carbons (Fsp3) is 0.900. The second-order valence-corrected chi connectivity index (χ2v) is 4.67. The number of nitrogens with zero attached hydrogens (tertiary/aromatic N) is 1. The number of likely N-dealkylation sites (tertiary alicyclic amines) is 1. The maximum absolute atomic E-state index is 11.5. The average Bonchev–Trinajstić information content (AvgIpc) is 2.16. The topological polar surface area (TPSA) is 40.5 Å². The van der Waals surface area contributed by atoms with Crippen LogP contribution in [0.5, 0.6) is 0 Å². The summed E-state index contributed by atoms with van der Waals surface area (Å²) in [7, 11) is 0. The molecule has 0 radical (unpaired) electrons. The molecule has 0 aromatic carbocycles. The minimum absolute atomic E-state index is 0.00992. The molecule has 0 spiro atoms. The first-order chi connectivity index (χ1) is 6.52. The molecule has 1 heterocycles. The fourth-order valence-corrected chi connectivity index (χ4v) is 1.99. The smallest absolute Gasteiger partial charge is 0.240 e. The van der Waals surface area contributed by atoms with Gasteiger partial charge in [-0.1, -0.05) is 0 Å². The van der Waals surface area contributed by atoms with E-state index in [1.165, 1.54) is 0 Å². The monoisotopic (exact) mass is 219 g/mol. The normalized spacial score (nSPS) is 23.3. The molecular formula is C10H18ClNO2. The van der Waals surface area contributed by atoms with Gasteiger partial charge < -0.3 is 10.0 Å². The minimum Gasteiger partial charge on any atom is -0.393 e. The molecule has 0 aromatic heterocycles. The van der Waals surface area contributed by atoms with Gasteiger partial charge in [0.15, 0.2) is 0 Å². The van der Waals surface area contributed by atoms with E-state index in [-0.39, 0.29) is 12.0 Å². The zero-order valence-electron chi connectivity index (χ0n) is 8.74. The number of piperidine rings is 1. The molecule has 14 heavy (non-hydrogen) atoms. The maximum Gasteiger partial charge on any atom is 0.240 e. The van der Waals surface area contributed by atoms with Crippen molar-refractivity contribution in [2.75, 3.05) is 13.1 Å². The van der Waals surface area contributed by atoms with E-state index in [9.17, 15) is 9.90 Å². The van der Waals surface area contributed by atoms with Crippen LogP contribution in [0.25, 0.3) is 0 Å². The third kappa shape index (κ3) is 2.85. The van der Waals surface area contributed by atoms with E-state index in [1.54, 1.807) is 11.8 Å². The van der Waals surface area contributed by atoms with Gasteiger partial charge in [0.1, 0.15) is 5.38 Å². The molecule has 0 aliphatic carbocycles. The lowest BCUT2D eigenvalue weighted by Crippen LogP contribution is -2.43. The van der Waals surface area contributed by atoms with Crippen LogP contribution >= 0.6 is 11.6 Å². The molecule has 4 heteroatoms. The van der Waals surface area contributed by atoms with Gasteiger partial charge in [-0.2, -0.15) is 0 Å². The summed E-state index contributed by atoms with van der Waals surface area (Å²) in [5.41, 5.74) is 0. The zero-order chi connectivity index (χ0) is 10.7. The lowest BCUT2D eigenvalue weighted by molar-refractivity contribution is -0.132. The number of rotatable bonds is 2. The molecule has 3 nitrogen and oxygen atoms in total. The first kappa shape index (κ1) is 11.8. The second-order valence-electron chi connectivity index (χ2n) is 4.02. The summed E-state index contributed by atoms with van der Waals surface area (Å²) >= 11 is 5.72. The SMILES string of the molecule is CC(Cl)C(=O)N1CCC(C(C)O)CC1. The molecule has 1 rings (SSSR count). The molecule has 1 fully saturated rings. The summed E-state index contributed by atoms with van der Waals surface area (Å²) in [6.45, 7) is 4.97. The molecule has 82 valence electrons. The molecule has 0 aromatic rings. The Labute approximate surface area is 90.0 Å². The number of hydrogen-bond acceptors (Lipinski definition) is 2. The van der Waals surface area contributed by atoms with Gasteiger partial charge in [-0.15, -0.1) is 11.6 Å². The third-order valence-electron chi connectivity index (χ3n) is 2.87. The minimum atomic E-state index is -0.432. The maximum atomic E-state index is 11.5. The van der Waals surface area contributed by atoms with Crippen molar-refractivity contribution in [3.63, 3.8) is 0 Å². The molecule has 2 unspecified atom stereocenters. The molecule has 0 bridgehead atoms. The molecule has 0 saturated carbocycles. The highest BCUT2D eigenvalue weighted by atomic mass is 35.5. The van der Waals surface area contributed by atoms with Crippen molar-refractivity contribution in [3.05, 3.63) is 0 Å². The van der Waals surface area contributed by atoms with Crippen LogP contribution in [-0.4, -0.2) is 40.5 Å². The van der Waals surface area contributed by atoms with E-state index in [2.05, 4.69) is 0 Å². The van der Waals surface area contributed by atoms with E-state index in [1.807, 2.05) is 6.92 Å². The lowest BCUT2D eigenvalue weighted by atomic mass is 9.92. The molecule has 1 amide bonds. The van der Waals surface area contributed by atoms with Crippen molar-refractivity contribution >= 4 is 17.5 Å². The Morgan fingerprint density at radius 1 is 1.43 bits per heavy atom. The van der Waals surface area contributed by atoms with Crippen LogP contribution in [0.4, 0.5) is 0 Å². The number of aliphatic hydroxyl groups is 1. The molecule has 2 atom stereocenters. The van der Waals surface area contributed by atoms with Crippen molar-refractivity contribution < 1.29 is 9.90 Å². The van der Waals surface area contributed by atoms with Crippen LogP contribution in [0.2, 0.25) is 0 Å². The molecule has 1 aliphatic rings. The van der Waals surface area contributed by atoms with Gasteiger partial charge in [0, 0.05) is 13.1 Å². The molecule has 1 saturated heterocycles. The summed E-state index contributed by atoms with van der Waals surface area (Å²) in [4.78, 5) is 13.3. The quantitative estimate of drug-likeness (QED) is 0.710. The standard InChI is InChI=1S/C10H18ClNO2/c1-7(11)10(14)12-5-3-9(4-6-12)8(2)13/h7-9,13H,3-6H2,1-2H3. The predicted octanol–water partition coefficient (Wildman–Crippen LogP) is 1.23. The Morgan fingerprint density at radius 3 is 2.29 bits per heavy atom. The molecule has 1 aliphatic heterocycles. The van der Waals surface area contributed by atoms with Gasteiger partial charge >= 0.3 is 0 Å². The van der Waals surface area contributed by atoms with Crippen molar-refractivity contribution in [2.45, 2.75) is 38.2 Å². The van der Waals surface area contributed by atoms with E-state index in [0.29, 0.717) is 5.92 Å². The summed E-state index contributed by atoms with van der Waals surface area (Å²) in [6.07, 6.45) is 1.50. The Bertz CT molecular complexity index is 198. The second kappa shape index (κ2) is 4.99. The number of alkyl halides is 1. The average molecular weight is 220 g/mol. The van der Waals surface area contributed by atoms with Crippen LogP contribution in [-0.2, 0) is 4.79 Å². The van der Waals surface area contributed by atoms with Crippen LogP contribution < -0.4 is 0 Å².